The highest BCUT2D eigenvalue weighted by molar-refractivity contribution is 5.76. The number of carbonyl (C=O) groups excluding carboxylic acids is 1. The molecule has 1 aromatic rings. The smallest absolute Gasteiger partial charge is 0.223 e. The molecule has 17 heavy (non-hydrogen) atoms. The number of benzene rings is 1. The lowest BCUT2D eigenvalue weighted by atomic mass is 10.1. The molecule has 1 aromatic carbocycles. The van der Waals surface area contributed by atoms with E-state index in [1.807, 2.05) is 7.05 Å². The summed E-state index contributed by atoms with van der Waals surface area (Å²) >= 11 is 0. The standard InChI is InChI=1S/C13H19FN2O/c1-15-9-7-13(17)16(2)10-8-11-5-3-4-6-12(11)14/h3-6,15H,7-10H2,1-2H3. The number of nitrogens with zero attached hydrogens (tertiary/aromatic N) is 1. The molecule has 94 valence electrons. The van der Waals surface area contributed by atoms with Gasteiger partial charge >= 0.3 is 0 Å². The van der Waals surface area contributed by atoms with Crippen molar-refractivity contribution in [1.82, 2.24) is 10.2 Å². The van der Waals surface area contributed by atoms with Crippen LogP contribution in [0.2, 0.25) is 0 Å². The number of carbonyl (C=O) groups is 1. The first-order valence-electron chi connectivity index (χ1n) is 5.77. The van der Waals surface area contributed by atoms with Crippen LogP contribution in [0.15, 0.2) is 24.3 Å². The van der Waals surface area contributed by atoms with Crippen LogP contribution in [0.4, 0.5) is 4.39 Å². The molecule has 4 heteroatoms. The zero-order chi connectivity index (χ0) is 12.7. The number of halogens is 1. The highest BCUT2D eigenvalue weighted by Crippen LogP contribution is 2.07. The highest BCUT2D eigenvalue weighted by Gasteiger charge is 2.08. The maximum absolute atomic E-state index is 13.3. The third-order valence-electron chi connectivity index (χ3n) is 2.69. The topological polar surface area (TPSA) is 32.3 Å². The fourth-order valence-electron chi connectivity index (χ4n) is 1.54. The summed E-state index contributed by atoms with van der Waals surface area (Å²) in [6.45, 7) is 1.21. The van der Waals surface area contributed by atoms with E-state index >= 15 is 0 Å². The summed E-state index contributed by atoms with van der Waals surface area (Å²) in [6, 6.07) is 6.67. The van der Waals surface area contributed by atoms with Gasteiger partial charge in [0.25, 0.3) is 0 Å². The lowest BCUT2D eigenvalue weighted by Gasteiger charge is -2.17. The van der Waals surface area contributed by atoms with Gasteiger partial charge in [-0.15, -0.1) is 0 Å². The molecule has 0 aromatic heterocycles. The van der Waals surface area contributed by atoms with Crippen LogP contribution in [0.5, 0.6) is 0 Å². The molecule has 0 aliphatic rings. The van der Waals surface area contributed by atoms with Crippen molar-refractivity contribution in [2.24, 2.45) is 0 Å². The third-order valence-corrected chi connectivity index (χ3v) is 2.69. The second-order valence-electron chi connectivity index (χ2n) is 4.01. The first-order valence-corrected chi connectivity index (χ1v) is 5.77. The minimum Gasteiger partial charge on any atom is -0.345 e. The Labute approximate surface area is 102 Å². The Balaban J connectivity index is 2.40. The van der Waals surface area contributed by atoms with E-state index in [1.54, 1.807) is 30.1 Å². The molecule has 0 bridgehead atoms. The van der Waals surface area contributed by atoms with Gasteiger partial charge in [0, 0.05) is 26.6 Å². The Morgan fingerprint density at radius 2 is 2.12 bits per heavy atom. The van der Waals surface area contributed by atoms with Crippen LogP contribution in [-0.2, 0) is 11.2 Å². The van der Waals surface area contributed by atoms with Gasteiger partial charge in [0.15, 0.2) is 0 Å². The summed E-state index contributed by atoms with van der Waals surface area (Å²) < 4.78 is 13.3. The van der Waals surface area contributed by atoms with Crippen LogP contribution in [-0.4, -0.2) is 38.0 Å². The van der Waals surface area contributed by atoms with Gasteiger partial charge < -0.3 is 10.2 Å². The zero-order valence-corrected chi connectivity index (χ0v) is 10.4. The van der Waals surface area contributed by atoms with Gasteiger partial charge in [-0.2, -0.15) is 0 Å². The first kappa shape index (κ1) is 13.6. The van der Waals surface area contributed by atoms with E-state index in [0.717, 1.165) is 0 Å². The van der Waals surface area contributed by atoms with Crippen LogP contribution < -0.4 is 5.32 Å². The summed E-state index contributed by atoms with van der Waals surface area (Å²) in [5.41, 5.74) is 0.653. The van der Waals surface area contributed by atoms with Crippen molar-refractivity contribution in [2.75, 3.05) is 27.2 Å². The Morgan fingerprint density at radius 1 is 1.41 bits per heavy atom. The Hall–Kier alpha value is -1.42. The number of amides is 1. The molecule has 1 amide bonds. The summed E-state index contributed by atoms with van der Waals surface area (Å²) in [5.74, 6) is -0.126. The molecule has 0 saturated carbocycles. The Kier molecular flexibility index (Phi) is 5.63. The number of nitrogens with one attached hydrogen (secondary N) is 1. The molecule has 0 fully saturated rings. The van der Waals surface area contributed by atoms with Crippen molar-refractivity contribution >= 4 is 5.91 Å². The van der Waals surface area contributed by atoms with Gasteiger partial charge in [-0.05, 0) is 25.1 Å². The molecule has 0 unspecified atom stereocenters. The molecule has 0 saturated heterocycles. The summed E-state index contributed by atoms with van der Waals surface area (Å²) in [5, 5.41) is 2.93. The van der Waals surface area contributed by atoms with Gasteiger partial charge in [0.2, 0.25) is 5.91 Å². The highest BCUT2D eigenvalue weighted by atomic mass is 19.1. The van der Waals surface area contributed by atoms with E-state index in [-0.39, 0.29) is 11.7 Å². The van der Waals surface area contributed by atoms with Gasteiger partial charge in [0.05, 0.1) is 0 Å². The molecule has 0 aliphatic heterocycles. The predicted molar refractivity (Wildman–Crippen MR) is 66.3 cm³/mol. The average Bonchev–Trinajstić information content (AvgIpc) is 2.34. The fraction of sp³-hybridized carbons (Fsp3) is 0.462. The fourth-order valence-corrected chi connectivity index (χ4v) is 1.54. The minimum atomic E-state index is -0.205. The van der Waals surface area contributed by atoms with E-state index < -0.39 is 0 Å². The molecule has 0 spiro atoms. The monoisotopic (exact) mass is 238 g/mol. The molecule has 1 N–H and O–H groups in total. The van der Waals surface area contributed by atoms with Crippen LogP contribution in [0.3, 0.4) is 0 Å². The molecule has 0 heterocycles. The predicted octanol–water partition coefficient (Wildman–Crippen LogP) is 1.44. The summed E-state index contributed by atoms with van der Waals surface area (Å²) in [4.78, 5) is 13.2. The van der Waals surface area contributed by atoms with E-state index in [0.29, 0.717) is 31.5 Å². The Morgan fingerprint density at radius 3 is 2.76 bits per heavy atom. The summed E-state index contributed by atoms with van der Waals surface area (Å²) in [6.07, 6.45) is 1.03. The largest absolute Gasteiger partial charge is 0.345 e. The lowest BCUT2D eigenvalue weighted by molar-refractivity contribution is -0.129. The quantitative estimate of drug-likeness (QED) is 0.813. The molecular weight excluding hydrogens is 219 g/mol. The van der Waals surface area contributed by atoms with Crippen LogP contribution in [0, 0.1) is 5.82 Å². The molecule has 0 radical (unpaired) electrons. The van der Waals surface area contributed by atoms with Gasteiger partial charge in [-0.3, -0.25) is 4.79 Å². The van der Waals surface area contributed by atoms with Crippen LogP contribution >= 0.6 is 0 Å². The SMILES string of the molecule is CNCCC(=O)N(C)CCc1ccccc1F. The van der Waals surface area contributed by atoms with Gasteiger partial charge in [0.1, 0.15) is 5.82 Å². The van der Waals surface area contributed by atoms with E-state index in [1.165, 1.54) is 6.07 Å². The molecule has 1 rings (SSSR count). The van der Waals surface area contributed by atoms with Crippen molar-refractivity contribution in [3.8, 4) is 0 Å². The van der Waals surface area contributed by atoms with Gasteiger partial charge in [-0.25, -0.2) is 4.39 Å². The number of rotatable bonds is 6. The average molecular weight is 238 g/mol. The zero-order valence-electron chi connectivity index (χ0n) is 10.4. The van der Waals surface area contributed by atoms with Crippen molar-refractivity contribution in [1.29, 1.82) is 0 Å². The molecule has 0 atom stereocenters. The maximum Gasteiger partial charge on any atom is 0.223 e. The number of hydrogen-bond acceptors (Lipinski definition) is 2. The van der Waals surface area contributed by atoms with E-state index in [9.17, 15) is 9.18 Å². The van der Waals surface area contributed by atoms with Crippen LogP contribution in [0.25, 0.3) is 0 Å². The second kappa shape index (κ2) is 7.01. The minimum absolute atomic E-state index is 0.0793. The maximum atomic E-state index is 13.3. The van der Waals surface area contributed by atoms with Crippen molar-refractivity contribution in [3.05, 3.63) is 35.6 Å². The second-order valence-corrected chi connectivity index (χ2v) is 4.01. The summed E-state index contributed by atoms with van der Waals surface area (Å²) in [7, 11) is 3.56. The van der Waals surface area contributed by atoms with Gasteiger partial charge in [-0.1, -0.05) is 18.2 Å². The molecule has 3 nitrogen and oxygen atoms in total. The molecular formula is C13H19FN2O. The molecule has 0 aliphatic carbocycles. The Bertz CT molecular complexity index is 368. The number of likely N-dealkylation sites (N-methyl/N-ethyl adjacent to an activating group) is 1. The van der Waals surface area contributed by atoms with Crippen molar-refractivity contribution in [3.63, 3.8) is 0 Å². The first-order chi connectivity index (χ1) is 8.15. The number of hydrogen-bond donors (Lipinski definition) is 1. The normalized spacial score (nSPS) is 10.3. The lowest BCUT2D eigenvalue weighted by Crippen LogP contribution is -2.31. The van der Waals surface area contributed by atoms with E-state index in [4.69, 9.17) is 0 Å². The van der Waals surface area contributed by atoms with Crippen LogP contribution in [0.1, 0.15) is 12.0 Å². The van der Waals surface area contributed by atoms with Crippen molar-refractivity contribution in [2.45, 2.75) is 12.8 Å². The van der Waals surface area contributed by atoms with Crippen molar-refractivity contribution < 1.29 is 9.18 Å². The third kappa shape index (κ3) is 4.53. The van der Waals surface area contributed by atoms with E-state index in [2.05, 4.69) is 5.32 Å².